The van der Waals surface area contributed by atoms with Gasteiger partial charge < -0.3 is 10.1 Å². The van der Waals surface area contributed by atoms with E-state index in [1.165, 1.54) is 0 Å². The highest BCUT2D eigenvalue weighted by Crippen LogP contribution is 2.28. The molecular formula is C14H14N4O. The minimum Gasteiger partial charge on any atom is -0.495 e. The van der Waals surface area contributed by atoms with Gasteiger partial charge in [-0.15, -0.1) is 0 Å². The van der Waals surface area contributed by atoms with E-state index in [9.17, 15) is 0 Å². The first-order chi connectivity index (χ1) is 9.28. The lowest BCUT2D eigenvalue weighted by atomic mass is 10.1. The number of methoxy groups -OCH3 is 1. The second-order valence-corrected chi connectivity index (χ2v) is 3.86. The molecular weight excluding hydrogens is 240 g/mol. The Morgan fingerprint density at radius 3 is 3.05 bits per heavy atom. The molecule has 2 rings (SSSR count). The SMILES string of the molecule is C=Cn1cc(CNc2c(C#N)cccc2OC)cn1. The van der Waals surface area contributed by atoms with Gasteiger partial charge in [0, 0.05) is 24.5 Å². The molecule has 5 nitrogen and oxygen atoms in total. The fraction of sp³-hybridized carbons (Fsp3) is 0.143. The first kappa shape index (κ1) is 12.7. The van der Waals surface area contributed by atoms with E-state index in [0.717, 1.165) is 5.56 Å². The second-order valence-electron chi connectivity index (χ2n) is 3.86. The van der Waals surface area contributed by atoms with Crippen molar-refractivity contribution < 1.29 is 4.74 Å². The number of hydrogen-bond acceptors (Lipinski definition) is 4. The molecule has 0 aliphatic carbocycles. The third-order valence-corrected chi connectivity index (χ3v) is 2.68. The van der Waals surface area contributed by atoms with E-state index >= 15 is 0 Å². The lowest BCUT2D eigenvalue weighted by Gasteiger charge is -2.11. The van der Waals surface area contributed by atoms with Gasteiger partial charge >= 0.3 is 0 Å². The van der Waals surface area contributed by atoms with Gasteiger partial charge in [0.05, 0.1) is 24.6 Å². The van der Waals surface area contributed by atoms with Gasteiger partial charge in [-0.05, 0) is 12.1 Å². The molecule has 0 fully saturated rings. The summed E-state index contributed by atoms with van der Waals surface area (Å²) in [6.45, 7) is 4.19. The van der Waals surface area contributed by atoms with Crippen molar-refractivity contribution in [1.29, 1.82) is 5.26 Å². The van der Waals surface area contributed by atoms with E-state index in [-0.39, 0.29) is 0 Å². The molecule has 0 saturated heterocycles. The molecule has 0 atom stereocenters. The van der Waals surface area contributed by atoms with Crippen LogP contribution in [0, 0.1) is 11.3 Å². The Bertz CT molecular complexity index is 625. The highest BCUT2D eigenvalue weighted by atomic mass is 16.5. The Morgan fingerprint density at radius 2 is 2.42 bits per heavy atom. The number of benzene rings is 1. The van der Waals surface area contributed by atoms with Crippen LogP contribution in [0.25, 0.3) is 6.20 Å². The minimum atomic E-state index is 0.551. The number of hydrogen-bond donors (Lipinski definition) is 1. The molecule has 0 aliphatic heterocycles. The monoisotopic (exact) mass is 254 g/mol. The number of nitriles is 1. The number of aromatic nitrogens is 2. The first-order valence-corrected chi connectivity index (χ1v) is 5.75. The molecule has 2 aromatic rings. The van der Waals surface area contributed by atoms with E-state index in [4.69, 9.17) is 10.00 Å². The molecule has 1 aromatic carbocycles. The second kappa shape index (κ2) is 5.74. The average Bonchev–Trinajstić information content (AvgIpc) is 2.92. The van der Waals surface area contributed by atoms with E-state index in [1.54, 1.807) is 36.3 Å². The molecule has 0 spiro atoms. The lowest BCUT2D eigenvalue weighted by Crippen LogP contribution is -2.02. The fourth-order valence-corrected chi connectivity index (χ4v) is 1.74. The van der Waals surface area contributed by atoms with Crippen LogP contribution < -0.4 is 10.1 Å². The van der Waals surface area contributed by atoms with Gasteiger partial charge in [-0.1, -0.05) is 12.6 Å². The Balaban J connectivity index is 2.19. The highest BCUT2D eigenvalue weighted by molar-refractivity contribution is 5.66. The van der Waals surface area contributed by atoms with Crippen molar-refractivity contribution in [2.75, 3.05) is 12.4 Å². The first-order valence-electron chi connectivity index (χ1n) is 5.75. The van der Waals surface area contributed by atoms with Crippen molar-refractivity contribution in [3.63, 3.8) is 0 Å². The predicted molar refractivity (Wildman–Crippen MR) is 73.6 cm³/mol. The zero-order valence-corrected chi connectivity index (χ0v) is 10.6. The summed E-state index contributed by atoms with van der Waals surface area (Å²) in [5.74, 6) is 0.648. The van der Waals surface area contributed by atoms with Crippen LogP contribution >= 0.6 is 0 Å². The standard InChI is InChI=1S/C14H14N4O/c1-3-18-10-11(9-17-18)8-16-14-12(7-15)5-4-6-13(14)19-2/h3-6,9-10,16H,1,8H2,2H3. The van der Waals surface area contributed by atoms with Crippen molar-refractivity contribution in [3.8, 4) is 11.8 Å². The zero-order chi connectivity index (χ0) is 13.7. The number of rotatable bonds is 5. The summed E-state index contributed by atoms with van der Waals surface area (Å²) in [5.41, 5.74) is 2.24. The Hall–Kier alpha value is -2.74. The van der Waals surface area contributed by atoms with Crippen LogP contribution in [0.1, 0.15) is 11.1 Å². The van der Waals surface area contributed by atoms with Crippen LogP contribution in [0.2, 0.25) is 0 Å². The molecule has 0 aliphatic rings. The summed E-state index contributed by atoms with van der Waals surface area (Å²) < 4.78 is 6.88. The van der Waals surface area contributed by atoms with Gasteiger partial charge in [0.15, 0.2) is 0 Å². The minimum absolute atomic E-state index is 0.551. The van der Waals surface area contributed by atoms with Gasteiger partial charge in [-0.2, -0.15) is 10.4 Å². The van der Waals surface area contributed by atoms with E-state index < -0.39 is 0 Å². The maximum absolute atomic E-state index is 9.10. The topological polar surface area (TPSA) is 62.9 Å². The normalized spacial score (nSPS) is 9.68. The predicted octanol–water partition coefficient (Wildman–Crippen LogP) is 2.48. The molecule has 0 saturated carbocycles. The molecule has 0 bridgehead atoms. The van der Waals surface area contributed by atoms with Crippen molar-refractivity contribution in [2.24, 2.45) is 0 Å². The molecule has 19 heavy (non-hydrogen) atoms. The summed E-state index contributed by atoms with van der Waals surface area (Å²) in [5, 5.41) is 16.4. The highest BCUT2D eigenvalue weighted by Gasteiger charge is 2.08. The van der Waals surface area contributed by atoms with E-state index in [2.05, 4.69) is 23.1 Å². The largest absolute Gasteiger partial charge is 0.495 e. The van der Waals surface area contributed by atoms with E-state index in [0.29, 0.717) is 23.5 Å². The van der Waals surface area contributed by atoms with E-state index in [1.807, 2.05) is 12.3 Å². The summed E-state index contributed by atoms with van der Waals surface area (Å²) in [7, 11) is 1.58. The average molecular weight is 254 g/mol. The van der Waals surface area contributed by atoms with Crippen LogP contribution in [-0.4, -0.2) is 16.9 Å². The number of nitrogens with zero attached hydrogens (tertiary/aromatic N) is 3. The summed E-state index contributed by atoms with van der Waals surface area (Å²) in [6, 6.07) is 7.50. The number of anilines is 1. The van der Waals surface area contributed by atoms with Crippen LogP contribution in [0.4, 0.5) is 5.69 Å². The molecule has 1 aromatic heterocycles. The maximum Gasteiger partial charge on any atom is 0.143 e. The molecule has 5 heteroatoms. The fourth-order valence-electron chi connectivity index (χ4n) is 1.74. The van der Waals surface area contributed by atoms with Crippen LogP contribution in [0.3, 0.4) is 0 Å². The van der Waals surface area contributed by atoms with Crippen molar-refractivity contribution in [1.82, 2.24) is 9.78 Å². The zero-order valence-electron chi connectivity index (χ0n) is 10.6. The van der Waals surface area contributed by atoms with Crippen LogP contribution in [-0.2, 0) is 6.54 Å². The van der Waals surface area contributed by atoms with Crippen LogP contribution in [0.15, 0.2) is 37.2 Å². The Kier molecular flexibility index (Phi) is 3.84. The molecule has 0 radical (unpaired) electrons. The Morgan fingerprint density at radius 1 is 1.58 bits per heavy atom. The number of nitrogens with one attached hydrogen (secondary N) is 1. The molecule has 1 N–H and O–H groups in total. The molecule has 0 unspecified atom stereocenters. The van der Waals surface area contributed by atoms with Gasteiger partial charge in [0.25, 0.3) is 0 Å². The van der Waals surface area contributed by atoms with Crippen LogP contribution in [0.5, 0.6) is 5.75 Å². The summed E-state index contributed by atoms with van der Waals surface area (Å²) in [6.07, 6.45) is 5.23. The van der Waals surface area contributed by atoms with Crippen molar-refractivity contribution >= 4 is 11.9 Å². The summed E-state index contributed by atoms with van der Waals surface area (Å²) >= 11 is 0. The van der Waals surface area contributed by atoms with Gasteiger partial charge in [0.1, 0.15) is 11.8 Å². The number of ether oxygens (including phenoxy) is 1. The smallest absolute Gasteiger partial charge is 0.143 e. The Labute approximate surface area is 111 Å². The van der Waals surface area contributed by atoms with Gasteiger partial charge in [-0.25, -0.2) is 4.68 Å². The molecule has 0 amide bonds. The number of para-hydroxylation sites is 1. The molecule has 1 heterocycles. The third kappa shape index (κ3) is 2.75. The molecule has 96 valence electrons. The maximum atomic E-state index is 9.10. The van der Waals surface area contributed by atoms with Gasteiger partial charge in [-0.3, -0.25) is 0 Å². The van der Waals surface area contributed by atoms with Crippen molar-refractivity contribution in [3.05, 3.63) is 48.3 Å². The lowest BCUT2D eigenvalue weighted by molar-refractivity contribution is 0.416. The van der Waals surface area contributed by atoms with Crippen molar-refractivity contribution in [2.45, 2.75) is 6.54 Å². The third-order valence-electron chi connectivity index (χ3n) is 2.68. The van der Waals surface area contributed by atoms with Gasteiger partial charge in [0.2, 0.25) is 0 Å². The summed E-state index contributed by atoms with van der Waals surface area (Å²) in [4.78, 5) is 0. The quantitative estimate of drug-likeness (QED) is 0.890.